The third kappa shape index (κ3) is 4.89. The van der Waals surface area contributed by atoms with Crippen LogP contribution in [0.4, 0.5) is 4.39 Å². The van der Waals surface area contributed by atoms with Crippen LogP contribution in [0.15, 0.2) is 59.5 Å². The van der Waals surface area contributed by atoms with Gasteiger partial charge in [-0.1, -0.05) is 36.4 Å². The normalized spacial score (nSPS) is 13.8. The standard InChI is InChI=1S/C19H22FNO4S/c1-19(25-2,16-10-6-7-11-17(16)20)14-21-18(22)12-13-26(23,24)15-8-4-3-5-9-15/h3-11H,12-14H2,1-2H3,(H,21,22)/t19-/m0/s1. The van der Waals surface area contributed by atoms with E-state index >= 15 is 0 Å². The number of hydrogen-bond acceptors (Lipinski definition) is 4. The van der Waals surface area contributed by atoms with Crippen LogP contribution in [0.1, 0.15) is 18.9 Å². The number of amides is 1. The molecule has 2 aromatic rings. The molecule has 0 radical (unpaired) electrons. The molecule has 0 aliphatic heterocycles. The molecule has 2 aromatic carbocycles. The Morgan fingerprint density at radius 3 is 2.35 bits per heavy atom. The monoisotopic (exact) mass is 379 g/mol. The van der Waals surface area contributed by atoms with Gasteiger partial charge in [-0.3, -0.25) is 4.79 Å². The molecule has 5 nitrogen and oxygen atoms in total. The maximum absolute atomic E-state index is 14.0. The van der Waals surface area contributed by atoms with Crippen molar-refractivity contribution in [1.82, 2.24) is 5.32 Å². The summed E-state index contributed by atoms with van der Waals surface area (Å²) in [5.41, 5.74) is -0.737. The maximum Gasteiger partial charge on any atom is 0.221 e. The Kier molecular flexibility index (Phi) is 6.50. The number of carbonyl (C=O) groups excluding carboxylic acids is 1. The highest BCUT2D eigenvalue weighted by molar-refractivity contribution is 7.91. The molecule has 140 valence electrons. The minimum absolute atomic E-state index is 0.0225. The van der Waals surface area contributed by atoms with E-state index in [0.29, 0.717) is 5.56 Å². The Morgan fingerprint density at radius 1 is 1.12 bits per heavy atom. The summed E-state index contributed by atoms with van der Waals surface area (Å²) < 4.78 is 43.8. The van der Waals surface area contributed by atoms with Crippen molar-refractivity contribution < 1.29 is 22.3 Å². The van der Waals surface area contributed by atoms with Crippen molar-refractivity contribution in [1.29, 1.82) is 0 Å². The number of benzene rings is 2. The summed E-state index contributed by atoms with van der Waals surface area (Å²) in [6, 6.07) is 14.1. The van der Waals surface area contributed by atoms with E-state index in [1.807, 2.05) is 0 Å². The van der Waals surface area contributed by atoms with E-state index in [0.717, 1.165) is 0 Å². The molecule has 0 saturated carbocycles. The van der Waals surface area contributed by atoms with Crippen LogP contribution in [-0.2, 0) is 25.0 Å². The van der Waals surface area contributed by atoms with Crippen LogP contribution in [0, 0.1) is 5.82 Å². The Bertz CT molecular complexity index is 855. The van der Waals surface area contributed by atoms with Crippen molar-refractivity contribution in [3.63, 3.8) is 0 Å². The number of nitrogens with one attached hydrogen (secondary N) is 1. The SMILES string of the molecule is CO[C@@](C)(CNC(=O)CCS(=O)(=O)c1ccccc1)c1ccccc1F. The summed E-state index contributed by atoms with van der Waals surface area (Å²) in [5, 5.41) is 2.63. The summed E-state index contributed by atoms with van der Waals surface area (Å²) in [5.74, 6) is -1.17. The Labute approximate surface area is 153 Å². The molecule has 1 atom stereocenters. The van der Waals surface area contributed by atoms with Gasteiger partial charge in [0.1, 0.15) is 11.4 Å². The van der Waals surface area contributed by atoms with Gasteiger partial charge in [0, 0.05) is 19.1 Å². The van der Waals surface area contributed by atoms with Crippen molar-refractivity contribution in [2.75, 3.05) is 19.4 Å². The van der Waals surface area contributed by atoms with Crippen molar-refractivity contribution in [2.24, 2.45) is 0 Å². The Balaban J connectivity index is 1.96. The highest BCUT2D eigenvalue weighted by atomic mass is 32.2. The molecule has 0 bridgehead atoms. The second kappa shape index (κ2) is 8.42. The third-order valence-corrected chi connectivity index (χ3v) is 5.95. The number of rotatable bonds is 8. The van der Waals surface area contributed by atoms with Crippen LogP contribution in [0.3, 0.4) is 0 Å². The smallest absolute Gasteiger partial charge is 0.221 e. The first kappa shape index (κ1) is 20.1. The molecular formula is C19H22FNO4S. The van der Waals surface area contributed by atoms with Crippen LogP contribution in [0.5, 0.6) is 0 Å². The van der Waals surface area contributed by atoms with Crippen molar-refractivity contribution in [3.8, 4) is 0 Å². The zero-order valence-corrected chi connectivity index (χ0v) is 15.6. The summed E-state index contributed by atoms with van der Waals surface area (Å²) in [4.78, 5) is 12.3. The number of halogens is 1. The van der Waals surface area contributed by atoms with Crippen LogP contribution >= 0.6 is 0 Å². The molecule has 0 aliphatic rings. The van der Waals surface area contributed by atoms with Crippen LogP contribution in [-0.4, -0.2) is 33.7 Å². The average molecular weight is 379 g/mol. The highest BCUT2D eigenvalue weighted by Crippen LogP contribution is 2.26. The first-order chi connectivity index (χ1) is 12.3. The van der Waals surface area contributed by atoms with Crippen molar-refractivity contribution in [2.45, 2.75) is 23.8 Å². The lowest BCUT2D eigenvalue weighted by atomic mass is 9.95. The lowest BCUT2D eigenvalue weighted by molar-refractivity contribution is -0.122. The molecule has 0 spiro atoms. The molecule has 0 saturated heterocycles. The average Bonchev–Trinajstić information content (AvgIpc) is 2.65. The van der Waals surface area contributed by atoms with Gasteiger partial charge < -0.3 is 10.1 Å². The quantitative estimate of drug-likeness (QED) is 0.765. The minimum atomic E-state index is -3.53. The van der Waals surface area contributed by atoms with Gasteiger partial charge in [-0.25, -0.2) is 12.8 Å². The fourth-order valence-corrected chi connectivity index (χ4v) is 3.76. The van der Waals surface area contributed by atoms with Crippen molar-refractivity contribution in [3.05, 3.63) is 66.0 Å². The van der Waals surface area contributed by atoms with Gasteiger partial charge in [0.05, 0.1) is 17.2 Å². The predicted octanol–water partition coefficient (Wildman–Crippen LogP) is 2.67. The first-order valence-electron chi connectivity index (χ1n) is 8.13. The first-order valence-corrected chi connectivity index (χ1v) is 9.78. The van der Waals surface area contributed by atoms with E-state index in [-0.39, 0.29) is 23.6 Å². The van der Waals surface area contributed by atoms with Gasteiger partial charge in [0.2, 0.25) is 5.91 Å². The second-order valence-electron chi connectivity index (χ2n) is 6.07. The Morgan fingerprint density at radius 2 is 1.73 bits per heavy atom. The summed E-state index contributed by atoms with van der Waals surface area (Å²) in [6.07, 6.45) is -0.186. The number of methoxy groups -OCH3 is 1. The molecule has 0 aromatic heterocycles. The summed E-state index contributed by atoms with van der Waals surface area (Å²) in [6.45, 7) is 1.68. The maximum atomic E-state index is 14.0. The zero-order chi connectivity index (χ0) is 19.2. The van der Waals surface area contributed by atoms with Gasteiger partial charge in [0.15, 0.2) is 9.84 Å². The van der Waals surface area contributed by atoms with Crippen molar-refractivity contribution >= 4 is 15.7 Å². The second-order valence-corrected chi connectivity index (χ2v) is 8.18. The number of carbonyl (C=O) groups is 1. The molecule has 1 amide bonds. The van der Waals surface area contributed by atoms with E-state index in [1.165, 1.54) is 25.3 Å². The zero-order valence-electron chi connectivity index (χ0n) is 14.7. The molecule has 7 heteroatoms. The van der Waals surface area contributed by atoms with Gasteiger partial charge >= 0.3 is 0 Å². The predicted molar refractivity (Wildman–Crippen MR) is 96.9 cm³/mol. The Hall–Kier alpha value is -2.25. The highest BCUT2D eigenvalue weighted by Gasteiger charge is 2.30. The van der Waals surface area contributed by atoms with E-state index < -0.39 is 27.2 Å². The summed E-state index contributed by atoms with van der Waals surface area (Å²) >= 11 is 0. The summed E-state index contributed by atoms with van der Waals surface area (Å²) in [7, 11) is -2.10. The molecular weight excluding hydrogens is 357 g/mol. The molecule has 0 heterocycles. The van der Waals surface area contributed by atoms with Crippen LogP contribution in [0.2, 0.25) is 0 Å². The fourth-order valence-electron chi connectivity index (χ4n) is 2.50. The lowest BCUT2D eigenvalue weighted by Gasteiger charge is -2.29. The molecule has 0 aliphatic carbocycles. The number of sulfone groups is 1. The molecule has 1 N–H and O–H groups in total. The topological polar surface area (TPSA) is 72.5 Å². The molecule has 2 rings (SSSR count). The van der Waals surface area contributed by atoms with Gasteiger partial charge in [-0.2, -0.15) is 0 Å². The van der Waals surface area contributed by atoms with E-state index in [4.69, 9.17) is 4.74 Å². The van der Waals surface area contributed by atoms with Crippen LogP contribution < -0.4 is 5.32 Å². The fraction of sp³-hybridized carbons (Fsp3) is 0.316. The van der Waals surface area contributed by atoms with Crippen LogP contribution in [0.25, 0.3) is 0 Å². The molecule has 0 fully saturated rings. The van der Waals surface area contributed by atoms with E-state index in [1.54, 1.807) is 43.3 Å². The molecule has 0 unspecified atom stereocenters. The third-order valence-electron chi connectivity index (χ3n) is 4.22. The lowest BCUT2D eigenvalue weighted by Crippen LogP contribution is -2.41. The largest absolute Gasteiger partial charge is 0.372 e. The minimum Gasteiger partial charge on any atom is -0.372 e. The molecule has 26 heavy (non-hydrogen) atoms. The van der Waals surface area contributed by atoms with Gasteiger partial charge in [-0.05, 0) is 25.1 Å². The van der Waals surface area contributed by atoms with E-state index in [9.17, 15) is 17.6 Å². The number of ether oxygens (including phenoxy) is 1. The van der Waals surface area contributed by atoms with E-state index in [2.05, 4.69) is 5.32 Å². The van der Waals surface area contributed by atoms with Gasteiger partial charge in [-0.15, -0.1) is 0 Å². The van der Waals surface area contributed by atoms with Gasteiger partial charge in [0.25, 0.3) is 0 Å². The number of hydrogen-bond donors (Lipinski definition) is 1.